The van der Waals surface area contributed by atoms with Crippen molar-refractivity contribution in [2.45, 2.75) is 43.9 Å². The minimum absolute atomic E-state index is 0.0225. The molecule has 0 aliphatic carbocycles. The third kappa shape index (κ3) is 2.70. The number of aryl methyl sites for hydroxylation is 2. The van der Waals surface area contributed by atoms with Gasteiger partial charge in [0.05, 0.1) is 37.8 Å². The zero-order valence-electron chi connectivity index (χ0n) is 15.0. The van der Waals surface area contributed by atoms with E-state index in [1.54, 1.807) is 18.3 Å². The number of benzene rings is 1. The van der Waals surface area contributed by atoms with Crippen LogP contribution in [0.4, 0.5) is 0 Å². The quantitative estimate of drug-likeness (QED) is 0.803. The molecule has 1 aromatic carbocycles. The maximum atomic E-state index is 13.3. The van der Waals surface area contributed by atoms with Crippen molar-refractivity contribution in [2.75, 3.05) is 20.2 Å². The van der Waals surface area contributed by atoms with E-state index in [0.29, 0.717) is 31.9 Å². The summed E-state index contributed by atoms with van der Waals surface area (Å²) in [6.45, 7) is 4.93. The first-order valence-corrected chi connectivity index (χ1v) is 10.0. The molecule has 26 heavy (non-hydrogen) atoms. The van der Waals surface area contributed by atoms with E-state index in [-0.39, 0.29) is 17.0 Å². The van der Waals surface area contributed by atoms with Gasteiger partial charge in [-0.25, -0.2) is 13.1 Å². The van der Waals surface area contributed by atoms with Crippen LogP contribution < -0.4 is 4.74 Å². The van der Waals surface area contributed by atoms with E-state index in [1.165, 1.54) is 11.4 Å². The number of hydrogen-bond acceptors (Lipinski definition) is 6. The first-order valence-electron chi connectivity index (χ1n) is 8.58. The number of piperidine rings is 1. The monoisotopic (exact) mass is 378 g/mol. The van der Waals surface area contributed by atoms with Crippen LogP contribution >= 0.6 is 0 Å². The molecule has 0 amide bonds. The average molecular weight is 378 g/mol. The van der Waals surface area contributed by atoms with Crippen LogP contribution in [0.25, 0.3) is 0 Å². The van der Waals surface area contributed by atoms with Crippen LogP contribution in [0.15, 0.2) is 23.2 Å². The highest BCUT2D eigenvalue weighted by Crippen LogP contribution is 2.35. The van der Waals surface area contributed by atoms with E-state index in [9.17, 15) is 8.42 Å². The second kappa shape index (κ2) is 6.33. The Morgan fingerprint density at radius 2 is 2.04 bits per heavy atom. The van der Waals surface area contributed by atoms with E-state index in [4.69, 9.17) is 9.47 Å². The van der Waals surface area contributed by atoms with E-state index < -0.39 is 10.0 Å². The molecule has 2 atom stereocenters. The van der Waals surface area contributed by atoms with Crippen molar-refractivity contribution in [3.05, 3.63) is 35.2 Å². The molecular weight excluding hydrogens is 356 g/mol. The molecule has 0 spiro atoms. The van der Waals surface area contributed by atoms with E-state index in [1.807, 2.05) is 18.5 Å². The summed E-state index contributed by atoms with van der Waals surface area (Å²) in [6, 6.07) is 3.48. The molecule has 0 unspecified atom stereocenters. The summed E-state index contributed by atoms with van der Waals surface area (Å²) in [5, 5.41) is 8.07. The molecule has 1 aromatic heterocycles. The number of nitrogens with zero attached hydrogens (tertiary/aromatic N) is 4. The van der Waals surface area contributed by atoms with E-state index in [0.717, 1.165) is 16.8 Å². The molecule has 0 saturated carbocycles. The lowest BCUT2D eigenvalue weighted by Crippen LogP contribution is -2.50. The molecule has 4 rings (SSSR count). The molecule has 1 fully saturated rings. The maximum Gasteiger partial charge on any atom is 0.246 e. The highest BCUT2D eigenvalue weighted by atomic mass is 32.2. The minimum Gasteiger partial charge on any atom is -0.495 e. The topological polar surface area (TPSA) is 86.6 Å². The van der Waals surface area contributed by atoms with Crippen LogP contribution in [0.1, 0.15) is 29.3 Å². The number of rotatable bonds is 3. The molecule has 8 nitrogen and oxygen atoms in total. The van der Waals surface area contributed by atoms with E-state index >= 15 is 0 Å². The predicted octanol–water partition coefficient (Wildman–Crippen LogP) is 1.44. The summed E-state index contributed by atoms with van der Waals surface area (Å²) in [5.74, 6) is 0.373. The van der Waals surface area contributed by atoms with Gasteiger partial charge in [-0.15, -0.1) is 5.10 Å². The average Bonchev–Trinajstić information content (AvgIpc) is 3.12. The molecule has 2 aliphatic heterocycles. The summed E-state index contributed by atoms with van der Waals surface area (Å²) < 4.78 is 41.1. The smallest absolute Gasteiger partial charge is 0.246 e. The maximum absolute atomic E-state index is 13.3. The molecule has 0 N–H and O–H groups in total. The number of fused-ring (bicyclic) bond motifs is 3. The number of hydrogen-bond donors (Lipinski definition) is 0. The van der Waals surface area contributed by atoms with Gasteiger partial charge in [0.25, 0.3) is 0 Å². The zero-order chi connectivity index (χ0) is 18.5. The minimum atomic E-state index is -3.68. The van der Waals surface area contributed by atoms with Gasteiger partial charge in [-0.2, -0.15) is 4.31 Å². The van der Waals surface area contributed by atoms with Gasteiger partial charge in [0, 0.05) is 13.1 Å². The summed E-state index contributed by atoms with van der Waals surface area (Å²) in [4.78, 5) is 0.207. The van der Waals surface area contributed by atoms with E-state index in [2.05, 4.69) is 10.3 Å². The van der Waals surface area contributed by atoms with Gasteiger partial charge >= 0.3 is 0 Å². The second-order valence-corrected chi connectivity index (χ2v) is 8.73. The Kier molecular flexibility index (Phi) is 4.25. The van der Waals surface area contributed by atoms with Gasteiger partial charge in [-0.1, -0.05) is 5.21 Å². The molecule has 9 heteroatoms. The highest BCUT2D eigenvalue weighted by molar-refractivity contribution is 7.89. The van der Waals surface area contributed by atoms with Gasteiger partial charge in [-0.3, -0.25) is 0 Å². The Hall–Kier alpha value is -1.97. The summed E-state index contributed by atoms with van der Waals surface area (Å²) >= 11 is 0. The second-order valence-electron chi connectivity index (χ2n) is 6.83. The molecule has 0 bridgehead atoms. The summed E-state index contributed by atoms with van der Waals surface area (Å²) in [5.41, 5.74) is 2.84. The fourth-order valence-electron chi connectivity index (χ4n) is 3.64. The van der Waals surface area contributed by atoms with Crippen molar-refractivity contribution in [2.24, 2.45) is 0 Å². The lowest BCUT2D eigenvalue weighted by atomic mass is 10.0. The fourth-order valence-corrected chi connectivity index (χ4v) is 5.33. The molecule has 140 valence electrons. The summed E-state index contributed by atoms with van der Waals surface area (Å²) in [6.07, 6.45) is 2.09. The number of methoxy groups -OCH3 is 1. The largest absolute Gasteiger partial charge is 0.495 e. The third-order valence-electron chi connectivity index (χ3n) is 5.29. The first-order chi connectivity index (χ1) is 12.4. The van der Waals surface area contributed by atoms with Gasteiger partial charge in [0.15, 0.2) is 0 Å². The molecular formula is C17H22N4O4S. The van der Waals surface area contributed by atoms with Gasteiger partial charge < -0.3 is 9.47 Å². The van der Waals surface area contributed by atoms with Crippen molar-refractivity contribution in [3.63, 3.8) is 0 Å². The highest BCUT2D eigenvalue weighted by Gasteiger charge is 2.41. The van der Waals surface area contributed by atoms with Crippen molar-refractivity contribution in [1.29, 1.82) is 0 Å². The van der Waals surface area contributed by atoms with Crippen LogP contribution in [0, 0.1) is 13.8 Å². The van der Waals surface area contributed by atoms with Gasteiger partial charge in [0.2, 0.25) is 10.0 Å². The Balaban J connectivity index is 1.64. The zero-order valence-corrected chi connectivity index (χ0v) is 15.9. The summed E-state index contributed by atoms with van der Waals surface area (Å²) in [7, 11) is -2.18. The fraction of sp³-hybridized carbons (Fsp3) is 0.529. The lowest BCUT2D eigenvalue weighted by molar-refractivity contribution is -0.0544. The Bertz CT molecular complexity index is 940. The van der Waals surface area contributed by atoms with Crippen molar-refractivity contribution < 1.29 is 17.9 Å². The molecule has 0 radical (unpaired) electrons. The van der Waals surface area contributed by atoms with Crippen LogP contribution in [0.3, 0.4) is 0 Å². The van der Waals surface area contributed by atoms with Crippen molar-refractivity contribution in [3.8, 4) is 5.75 Å². The number of sulfonamides is 1. The van der Waals surface area contributed by atoms with Crippen LogP contribution in [-0.4, -0.2) is 54.0 Å². The molecule has 2 aromatic rings. The van der Waals surface area contributed by atoms with Gasteiger partial charge in [0.1, 0.15) is 10.6 Å². The Labute approximate surface area is 152 Å². The predicted molar refractivity (Wildman–Crippen MR) is 93.5 cm³/mol. The lowest BCUT2D eigenvalue weighted by Gasteiger charge is -2.40. The first kappa shape index (κ1) is 17.4. The normalized spacial score (nSPS) is 23.3. The van der Waals surface area contributed by atoms with Crippen molar-refractivity contribution in [1.82, 2.24) is 19.3 Å². The Morgan fingerprint density at radius 1 is 1.27 bits per heavy atom. The number of ether oxygens (including phenoxy) is 2. The van der Waals surface area contributed by atoms with Crippen LogP contribution in [0.5, 0.6) is 5.75 Å². The number of aromatic nitrogens is 3. The standard InChI is InChI=1S/C17H22N4O4S/c1-11-6-15(24-3)17(7-12(11)2)26(22,23)20-5-4-14-16(9-20)25-10-13-8-18-19-21(13)14/h6-8,14,16H,4-5,9-10H2,1-3H3/t14-,16-/m0/s1. The van der Waals surface area contributed by atoms with Crippen LogP contribution in [-0.2, 0) is 21.4 Å². The SMILES string of the molecule is COc1cc(C)c(C)cc1S(=O)(=O)N1CC[C@H]2[C@H](C1)OCc1cnnn12. The molecule has 2 aliphatic rings. The molecule has 3 heterocycles. The Morgan fingerprint density at radius 3 is 2.81 bits per heavy atom. The third-order valence-corrected chi connectivity index (χ3v) is 7.18. The molecule has 1 saturated heterocycles. The van der Waals surface area contributed by atoms with Gasteiger partial charge in [-0.05, 0) is 43.5 Å². The van der Waals surface area contributed by atoms with Crippen LogP contribution in [0.2, 0.25) is 0 Å². The van der Waals surface area contributed by atoms with Crippen molar-refractivity contribution >= 4 is 10.0 Å².